The molecule has 0 fully saturated rings. The van der Waals surface area contributed by atoms with Crippen LogP contribution in [-0.4, -0.2) is 25.3 Å². The number of aliphatic carboxylic acids is 1. The van der Waals surface area contributed by atoms with E-state index in [9.17, 15) is 9.90 Å². The van der Waals surface area contributed by atoms with Gasteiger partial charge in [0.2, 0.25) is 0 Å². The summed E-state index contributed by atoms with van der Waals surface area (Å²) in [6.07, 6.45) is 1.61. The summed E-state index contributed by atoms with van der Waals surface area (Å²) in [5, 5.41) is 9.44. The number of carbonyl (C=O) groups is 1. The lowest BCUT2D eigenvalue weighted by Crippen LogP contribution is -2.00. The molecule has 108 valence electrons. The molecule has 0 aliphatic rings. The van der Waals surface area contributed by atoms with Gasteiger partial charge in [-0.2, -0.15) is 0 Å². The predicted octanol–water partition coefficient (Wildman–Crippen LogP) is 3.33. The zero-order valence-corrected chi connectivity index (χ0v) is 11.9. The van der Waals surface area contributed by atoms with Crippen molar-refractivity contribution in [1.82, 2.24) is 0 Å². The van der Waals surface area contributed by atoms with Gasteiger partial charge in [0.1, 0.15) is 11.5 Å². The molecule has 2 aromatic rings. The monoisotopic (exact) mass is 284 g/mol. The topological polar surface area (TPSA) is 55.8 Å². The molecule has 0 saturated carbocycles. The molecule has 0 spiro atoms. The average molecular weight is 284 g/mol. The number of carboxylic acids is 1. The predicted molar refractivity (Wildman–Crippen MR) is 81.5 cm³/mol. The number of rotatable bonds is 5. The summed E-state index contributed by atoms with van der Waals surface area (Å²) in [5.74, 6) is 0.301. The first-order chi connectivity index (χ1) is 10.1. The van der Waals surface area contributed by atoms with Crippen molar-refractivity contribution in [2.24, 2.45) is 0 Å². The molecule has 1 N–H and O–H groups in total. The van der Waals surface area contributed by atoms with E-state index in [1.165, 1.54) is 0 Å². The summed E-state index contributed by atoms with van der Waals surface area (Å²) in [4.78, 5) is 11.5. The first-order valence-corrected chi connectivity index (χ1v) is 6.37. The van der Waals surface area contributed by atoms with E-state index in [4.69, 9.17) is 9.47 Å². The Morgan fingerprint density at radius 2 is 1.62 bits per heavy atom. The van der Waals surface area contributed by atoms with E-state index >= 15 is 0 Å². The molecule has 0 aromatic heterocycles. The van der Waals surface area contributed by atoms with Crippen LogP contribution in [0.3, 0.4) is 0 Å². The Bertz CT molecular complexity index is 674. The maximum atomic E-state index is 11.5. The van der Waals surface area contributed by atoms with Gasteiger partial charge in [-0.1, -0.05) is 24.3 Å². The summed E-state index contributed by atoms with van der Waals surface area (Å²) >= 11 is 0. The van der Waals surface area contributed by atoms with Crippen LogP contribution in [0, 0.1) is 0 Å². The van der Waals surface area contributed by atoms with Crippen molar-refractivity contribution < 1.29 is 19.4 Å². The standard InChI is InChI=1S/C17H16O4/c1-20-14-7-3-5-12(9-14)10-16(17(18)19)13-6-4-8-15(11-13)21-2/h3-11H,1-2H3,(H,18,19). The third-order valence-electron chi connectivity index (χ3n) is 3.02. The van der Waals surface area contributed by atoms with Crippen molar-refractivity contribution in [2.45, 2.75) is 0 Å². The van der Waals surface area contributed by atoms with Crippen molar-refractivity contribution in [3.8, 4) is 11.5 Å². The second-order valence-electron chi connectivity index (χ2n) is 4.37. The molecule has 21 heavy (non-hydrogen) atoms. The minimum atomic E-state index is -0.994. The molecule has 2 aromatic carbocycles. The first kappa shape index (κ1) is 14.7. The fourth-order valence-electron chi connectivity index (χ4n) is 1.96. The number of hydrogen-bond donors (Lipinski definition) is 1. The van der Waals surface area contributed by atoms with Crippen LogP contribution in [0.15, 0.2) is 48.5 Å². The zero-order chi connectivity index (χ0) is 15.2. The third-order valence-corrected chi connectivity index (χ3v) is 3.02. The van der Waals surface area contributed by atoms with E-state index in [1.54, 1.807) is 50.6 Å². The van der Waals surface area contributed by atoms with Crippen molar-refractivity contribution in [2.75, 3.05) is 14.2 Å². The summed E-state index contributed by atoms with van der Waals surface area (Å²) in [5.41, 5.74) is 1.54. The lowest BCUT2D eigenvalue weighted by Gasteiger charge is -2.06. The number of ether oxygens (including phenoxy) is 2. The molecule has 0 aliphatic heterocycles. The number of methoxy groups -OCH3 is 2. The quantitative estimate of drug-likeness (QED) is 0.676. The number of hydrogen-bond acceptors (Lipinski definition) is 3. The molecule has 0 heterocycles. The normalized spacial score (nSPS) is 11.0. The highest BCUT2D eigenvalue weighted by Crippen LogP contribution is 2.24. The Morgan fingerprint density at radius 3 is 2.24 bits per heavy atom. The maximum absolute atomic E-state index is 11.5. The van der Waals surface area contributed by atoms with Crippen LogP contribution in [0.1, 0.15) is 11.1 Å². The van der Waals surface area contributed by atoms with E-state index in [2.05, 4.69) is 0 Å². The largest absolute Gasteiger partial charge is 0.497 e. The summed E-state index contributed by atoms with van der Waals surface area (Å²) in [7, 11) is 3.12. The van der Waals surface area contributed by atoms with Crippen LogP contribution in [0.2, 0.25) is 0 Å². The van der Waals surface area contributed by atoms with Gasteiger partial charge < -0.3 is 14.6 Å². The molecule has 0 unspecified atom stereocenters. The van der Waals surface area contributed by atoms with Gasteiger partial charge in [0, 0.05) is 0 Å². The Hall–Kier alpha value is -2.75. The van der Waals surface area contributed by atoms with Crippen molar-refractivity contribution in [3.63, 3.8) is 0 Å². The average Bonchev–Trinajstić information content (AvgIpc) is 2.52. The molecule has 0 saturated heterocycles. The highest BCUT2D eigenvalue weighted by molar-refractivity contribution is 6.20. The molecular formula is C17H16O4. The summed E-state index contributed by atoms with van der Waals surface area (Å²) < 4.78 is 10.3. The van der Waals surface area contributed by atoms with E-state index in [-0.39, 0.29) is 5.57 Å². The van der Waals surface area contributed by atoms with Crippen molar-refractivity contribution in [3.05, 3.63) is 59.7 Å². The molecule has 0 amide bonds. The van der Waals surface area contributed by atoms with Gasteiger partial charge in [-0.3, -0.25) is 0 Å². The van der Waals surface area contributed by atoms with Crippen LogP contribution in [0.4, 0.5) is 0 Å². The second kappa shape index (κ2) is 6.61. The Balaban J connectivity index is 2.46. The minimum Gasteiger partial charge on any atom is -0.497 e. The number of carboxylic acid groups (broad SMARTS) is 1. The van der Waals surface area contributed by atoms with E-state index < -0.39 is 5.97 Å². The van der Waals surface area contributed by atoms with Gasteiger partial charge in [-0.25, -0.2) is 4.79 Å². The Labute approximate surface area is 123 Å². The van der Waals surface area contributed by atoms with Gasteiger partial charge in [0.05, 0.1) is 19.8 Å². The lowest BCUT2D eigenvalue weighted by atomic mass is 10.0. The molecule has 0 bridgehead atoms. The SMILES string of the molecule is COc1cccc(C=C(C(=O)O)c2cccc(OC)c2)c1. The molecule has 0 radical (unpaired) electrons. The van der Waals surface area contributed by atoms with Gasteiger partial charge in [-0.05, 0) is 41.5 Å². The second-order valence-corrected chi connectivity index (χ2v) is 4.37. The Morgan fingerprint density at radius 1 is 1.00 bits per heavy atom. The van der Waals surface area contributed by atoms with Crippen molar-refractivity contribution >= 4 is 17.6 Å². The van der Waals surface area contributed by atoms with Crippen LogP contribution >= 0.6 is 0 Å². The van der Waals surface area contributed by atoms with Gasteiger partial charge in [0.25, 0.3) is 0 Å². The highest BCUT2D eigenvalue weighted by Gasteiger charge is 2.11. The van der Waals surface area contributed by atoms with Crippen LogP contribution in [-0.2, 0) is 4.79 Å². The van der Waals surface area contributed by atoms with E-state index in [1.807, 2.05) is 18.2 Å². The third kappa shape index (κ3) is 3.63. The summed E-state index contributed by atoms with van der Waals surface area (Å²) in [6, 6.07) is 14.2. The molecule has 0 atom stereocenters. The molecule has 4 heteroatoms. The maximum Gasteiger partial charge on any atom is 0.336 e. The first-order valence-electron chi connectivity index (χ1n) is 6.37. The number of benzene rings is 2. The van der Waals surface area contributed by atoms with Crippen LogP contribution in [0.25, 0.3) is 11.6 Å². The fourth-order valence-corrected chi connectivity index (χ4v) is 1.96. The van der Waals surface area contributed by atoms with Crippen LogP contribution < -0.4 is 9.47 Å². The summed E-state index contributed by atoms with van der Waals surface area (Å²) in [6.45, 7) is 0. The smallest absolute Gasteiger partial charge is 0.336 e. The highest BCUT2D eigenvalue weighted by atomic mass is 16.5. The van der Waals surface area contributed by atoms with E-state index in [0.29, 0.717) is 17.1 Å². The zero-order valence-electron chi connectivity index (χ0n) is 11.9. The Kier molecular flexibility index (Phi) is 4.61. The van der Waals surface area contributed by atoms with Crippen molar-refractivity contribution in [1.29, 1.82) is 0 Å². The van der Waals surface area contributed by atoms with Gasteiger partial charge >= 0.3 is 5.97 Å². The van der Waals surface area contributed by atoms with E-state index in [0.717, 1.165) is 5.56 Å². The molecule has 2 rings (SSSR count). The van der Waals surface area contributed by atoms with Gasteiger partial charge in [0.15, 0.2) is 0 Å². The van der Waals surface area contributed by atoms with Crippen LogP contribution in [0.5, 0.6) is 11.5 Å². The minimum absolute atomic E-state index is 0.196. The lowest BCUT2D eigenvalue weighted by molar-refractivity contribution is -0.130. The molecule has 0 aliphatic carbocycles. The molecular weight excluding hydrogens is 268 g/mol. The fraction of sp³-hybridized carbons (Fsp3) is 0.118. The molecule has 4 nitrogen and oxygen atoms in total. The van der Waals surface area contributed by atoms with Gasteiger partial charge in [-0.15, -0.1) is 0 Å².